The van der Waals surface area contributed by atoms with Crippen LogP contribution in [0.2, 0.25) is 0 Å². The van der Waals surface area contributed by atoms with Crippen molar-refractivity contribution in [2.24, 2.45) is 0 Å². The molecule has 0 aliphatic heterocycles. The maximum absolute atomic E-state index is 10.3. The first-order valence-corrected chi connectivity index (χ1v) is 6.44. The quantitative estimate of drug-likeness (QED) is 0.475. The Morgan fingerprint density at radius 3 is 2.33 bits per heavy atom. The van der Waals surface area contributed by atoms with E-state index in [1.165, 1.54) is 24.3 Å². The van der Waals surface area contributed by atoms with Gasteiger partial charge in [-0.25, -0.2) is 0 Å². The van der Waals surface area contributed by atoms with Crippen LogP contribution in [-0.4, -0.2) is 14.7 Å². The molecule has 2 N–H and O–H groups in total. The minimum Gasteiger partial charge on any atom is -0.325 e. The van der Waals surface area contributed by atoms with Crippen LogP contribution in [-0.2, 0) is 22.9 Å². The summed E-state index contributed by atoms with van der Waals surface area (Å²) in [5.41, 5.74) is 0.545. The van der Waals surface area contributed by atoms with E-state index in [0.717, 1.165) is 0 Å². The molecule has 0 radical (unpaired) electrons. The molecule has 0 heterocycles. The molecular formula is C7H8NO5PS. The zero-order valence-electron chi connectivity index (χ0n) is 7.44. The maximum Gasteiger partial charge on any atom is 0.322 e. The van der Waals surface area contributed by atoms with E-state index in [-0.39, 0.29) is 12.3 Å². The summed E-state index contributed by atoms with van der Waals surface area (Å²) >= 11 is 4.24. The molecular weight excluding hydrogens is 241 g/mol. The van der Waals surface area contributed by atoms with E-state index in [4.69, 9.17) is 9.79 Å². The molecule has 0 spiro atoms. The van der Waals surface area contributed by atoms with Crippen molar-refractivity contribution in [3.63, 3.8) is 0 Å². The van der Waals surface area contributed by atoms with Gasteiger partial charge < -0.3 is 14.3 Å². The molecule has 0 aromatic heterocycles. The lowest BCUT2D eigenvalue weighted by Gasteiger charge is -2.07. The van der Waals surface area contributed by atoms with Crippen LogP contribution in [0, 0.1) is 10.1 Å². The van der Waals surface area contributed by atoms with Crippen LogP contribution in [0.25, 0.3) is 0 Å². The van der Waals surface area contributed by atoms with E-state index in [1.807, 2.05) is 0 Å². The topological polar surface area (TPSA) is 92.8 Å². The maximum atomic E-state index is 10.3. The highest BCUT2D eigenvalue weighted by molar-refractivity contribution is 8.06. The third-order valence-corrected chi connectivity index (χ3v) is 2.33. The third kappa shape index (κ3) is 4.46. The standard InChI is InChI=1S/C7H8NO5PS/c9-8(10)7-3-1-6(2-4-7)5-13-14(11,12)15/h1-4H,5H2,(H2,11,12,15). The van der Waals surface area contributed by atoms with Crippen LogP contribution in [0.5, 0.6) is 0 Å². The highest BCUT2D eigenvalue weighted by atomic mass is 32.5. The number of hydrogen-bond acceptors (Lipinski definition) is 4. The van der Waals surface area contributed by atoms with Gasteiger partial charge >= 0.3 is 6.72 Å². The molecule has 0 atom stereocenters. The molecule has 0 saturated heterocycles. The lowest BCUT2D eigenvalue weighted by molar-refractivity contribution is -0.384. The monoisotopic (exact) mass is 249 g/mol. The Kier molecular flexibility index (Phi) is 3.90. The van der Waals surface area contributed by atoms with Crippen LogP contribution >= 0.6 is 6.72 Å². The fourth-order valence-corrected chi connectivity index (χ4v) is 1.35. The number of nitrogens with zero attached hydrogens (tertiary/aromatic N) is 1. The summed E-state index contributed by atoms with van der Waals surface area (Å²) < 4.78 is 4.58. The Labute approximate surface area is 90.5 Å². The summed E-state index contributed by atoms with van der Waals surface area (Å²) in [6.45, 7) is -3.74. The number of nitro benzene ring substituents is 1. The molecule has 0 amide bonds. The van der Waals surface area contributed by atoms with Crippen molar-refractivity contribution in [3.8, 4) is 0 Å². The molecule has 1 rings (SSSR count). The average Bonchev–Trinajstić information content (AvgIpc) is 2.14. The summed E-state index contributed by atoms with van der Waals surface area (Å²) in [4.78, 5) is 27.3. The molecule has 8 heteroatoms. The zero-order chi connectivity index (χ0) is 11.5. The third-order valence-electron chi connectivity index (χ3n) is 1.55. The molecule has 0 fully saturated rings. The van der Waals surface area contributed by atoms with Gasteiger partial charge in [-0.1, -0.05) is 0 Å². The fourth-order valence-electron chi connectivity index (χ4n) is 0.873. The second kappa shape index (κ2) is 4.78. The first-order chi connectivity index (χ1) is 6.88. The van der Waals surface area contributed by atoms with Crippen molar-refractivity contribution in [2.45, 2.75) is 6.61 Å². The van der Waals surface area contributed by atoms with E-state index < -0.39 is 11.6 Å². The number of rotatable bonds is 4. The van der Waals surface area contributed by atoms with Crippen LogP contribution in [0.15, 0.2) is 24.3 Å². The highest BCUT2D eigenvalue weighted by Crippen LogP contribution is 2.37. The number of hydrogen-bond donors (Lipinski definition) is 2. The molecule has 82 valence electrons. The minimum atomic E-state index is -3.66. The van der Waals surface area contributed by atoms with Crippen LogP contribution in [0.4, 0.5) is 5.69 Å². The summed E-state index contributed by atoms with van der Waals surface area (Å²) in [6, 6.07) is 5.53. The molecule has 0 saturated carbocycles. The summed E-state index contributed by atoms with van der Waals surface area (Å²) in [7, 11) is 0. The van der Waals surface area contributed by atoms with Crippen molar-refractivity contribution in [3.05, 3.63) is 39.9 Å². The van der Waals surface area contributed by atoms with Crippen LogP contribution in [0.1, 0.15) is 5.56 Å². The largest absolute Gasteiger partial charge is 0.325 e. The molecule has 0 bridgehead atoms. The molecule has 1 aromatic carbocycles. The minimum absolute atomic E-state index is 0.0359. The number of nitro groups is 1. The van der Waals surface area contributed by atoms with Crippen molar-refractivity contribution < 1.29 is 19.2 Å². The lowest BCUT2D eigenvalue weighted by atomic mass is 10.2. The average molecular weight is 249 g/mol. The van der Waals surface area contributed by atoms with E-state index >= 15 is 0 Å². The highest BCUT2D eigenvalue weighted by Gasteiger charge is 2.09. The second-order valence-electron chi connectivity index (χ2n) is 2.69. The van der Waals surface area contributed by atoms with Gasteiger partial charge in [-0.15, -0.1) is 0 Å². The fraction of sp³-hybridized carbons (Fsp3) is 0.143. The van der Waals surface area contributed by atoms with Gasteiger partial charge in [-0.05, 0) is 29.5 Å². The molecule has 1 aromatic rings. The normalized spacial score (nSPS) is 11.3. The summed E-state index contributed by atoms with van der Waals surface area (Å²) in [6.07, 6.45) is 0. The van der Waals surface area contributed by atoms with Gasteiger partial charge in [-0.3, -0.25) is 10.1 Å². The van der Waals surface area contributed by atoms with Gasteiger partial charge in [0.25, 0.3) is 5.69 Å². The summed E-state index contributed by atoms with van der Waals surface area (Å²) in [5, 5.41) is 10.3. The van der Waals surface area contributed by atoms with E-state index in [1.54, 1.807) is 0 Å². The molecule has 0 aliphatic carbocycles. The first-order valence-electron chi connectivity index (χ1n) is 3.82. The van der Waals surface area contributed by atoms with Gasteiger partial charge in [0.15, 0.2) is 0 Å². The predicted octanol–water partition coefficient (Wildman–Crippen LogP) is 1.32. The van der Waals surface area contributed by atoms with Crippen molar-refractivity contribution in [2.75, 3.05) is 0 Å². The van der Waals surface area contributed by atoms with Crippen molar-refractivity contribution in [1.29, 1.82) is 0 Å². The Bertz CT molecular complexity index is 400. The van der Waals surface area contributed by atoms with Crippen molar-refractivity contribution >= 4 is 24.2 Å². The predicted molar refractivity (Wildman–Crippen MR) is 56.6 cm³/mol. The van der Waals surface area contributed by atoms with Crippen molar-refractivity contribution in [1.82, 2.24) is 0 Å². The second-order valence-corrected chi connectivity index (χ2v) is 5.35. The van der Waals surface area contributed by atoms with E-state index in [2.05, 4.69) is 16.3 Å². The molecule has 6 nitrogen and oxygen atoms in total. The van der Waals surface area contributed by atoms with E-state index in [9.17, 15) is 10.1 Å². The molecule has 15 heavy (non-hydrogen) atoms. The Morgan fingerprint density at radius 1 is 1.40 bits per heavy atom. The first kappa shape index (κ1) is 12.2. The molecule has 0 aliphatic rings. The van der Waals surface area contributed by atoms with Gasteiger partial charge in [0, 0.05) is 12.1 Å². The van der Waals surface area contributed by atoms with Crippen LogP contribution in [0.3, 0.4) is 0 Å². The Balaban J connectivity index is 2.65. The Morgan fingerprint density at radius 2 is 1.93 bits per heavy atom. The number of benzene rings is 1. The van der Waals surface area contributed by atoms with Gasteiger partial charge in [0.2, 0.25) is 0 Å². The summed E-state index contributed by atoms with van der Waals surface area (Å²) in [5.74, 6) is 0. The van der Waals surface area contributed by atoms with Crippen LogP contribution < -0.4 is 0 Å². The Hall–Kier alpha value is -0.850. The SMILES string of the molecule is O=[N+]([O-])c1ccc(COP(O)(O)=S)cc1. The molecule has 0 unspecified atom stereocenters. The number of non-ortho nitro benzene ring substituents is 1. The van der Waals surface area contributed by atoms with Gasteiger partial charge in [-0.2, -0.15) is 0 Å². The van der Waals surface area contributed by atoms with Gasteiger partial charge in [0.1, 0.15) is 0 Å². The van der Waals surface area contributed by atoms with E-state index in [0.29, 0.717) is 5.56 Å². The van der Waals surface area contributed by atoms with Gasteiger partial charge in [0.05, 0.1) is 11.5 Å². The smallest absolute Gasteiger partial charge is 0.322 e. The zero-order valence-corrected chi connectivity index (χ0v) is 9.15. The lowest BCUT2D eigenvalue weighted by Crippen LogP contribution is -1.92.